The molecule has 1 N–H and O–H groups in total. The monoisotopic (exact) mass is 472 g/mol. The Morgan fingerprint density at radius 1 is 0.968 bits per heavy atom. The number of hydrogen-bond donors (Lipinski definition) is 1. The fourth-order valence-corrected chi connectivity index (χ4v) is 10.5. The van der Waals surface area contributed by atoms with Crippen LogP contribution in [0.5, 0.6) is 0 Å². The van der Waals surface area contributed by atoms with Gasteiger partial charge in [0.15, 0.2) is 0 Å². The zero-order chi connectivity index (χ0) is 24.2. The van der Waals surface area contributed by atoms with Gasteiger partial charge in [-0.3, -0.25) is 0 Å². The van der Waals surface area contributed by atoms with Gasteiger partial charge in [-0.05, 0) is 48.9 Å². The first kappa shape index (κ1) is 30.6. The van der Waals surface area contributed by atoms with Crippen LogP contribution >= 0.6 is 11.6 Å². The third-order valence-corrected chi connectivity index (χ3v) is 12.9. The van der Waals surface area contributed by atoms with Crippen LogP contribution < -0.4 is 0 Å². The predicted molar refractivity (Wildman–Crippen MR) is 140 cm³/mol. The van der Waals surface area contributed by atoms with Crippen molar-refractivity contribution in [3.63, 3.8) is 0 Å². The Hall–Kier alpha value is -0.393. The van der Waals surface area contributed by atoms with Gasteiger partial charge in [0.1, 0.15) is 0 Å². The Bertz CT molecular complexity index is 559. The molecule has 0 aliphatic carbocycles. The molecule has 3 nitrogen and oxygen atoms in total. The van der Waals surface area contributed by atoms with Crippen LogP contribution in [0, 0.1) is 5.92 Å². The van der Waals surface area contributed by atoms with E-state index < -0.39 is 8.32 Å². The molecule has 0 amide bonds. The van der Waals surface area contributed by atoms with E-state index >= 15 is 0 Å². The van der Waals surface area contributed by atoms with Crippen molar-refractivity contribution < 1.29 is 14.3 Å². The van der Waals surface area contributed by atoms with Crippen molar-refractivity contribution in [2.45, 2.75) is 104 Å². The van der Waals surface area contributed by atoms with E-state index in [9.17, 15) is 0 Å². The van der Waals surface area contributed by atoms with Crippen molar-refractivity contribution in [3.05, 3.63) is 35.5 Å². The molecule has 0 bridgehead atoms. The molecule has 0 aromatic heterocycles. The van der Waals surface area contributed by atoms with Crippen molar-refractivity contribution >= 4 is 19.9 Å². The summed E-state index contributed by atoms with van der Waals surface area (Å²) in [6, 6.07) is 0. The van der Waals surface area contributed by atoms with E-state index in [4.69, 9.17) is 25.9 Å². The average molecular weight is 473 g/mol. The molecule has 182 valence electrons. The van der Waals surface area contributed by atoms with Crippen LogP contribution in [0.4, 0.5) is 0 Å². The van der Waals surface area contributed by atoms with Gasteiger partial charge in [0.25, 0.3) is 0 Å². The zero-order valence-corrected chi connectivity index (χ0v) is 23.5. The summed E-state index contributed by atoms with van der Waals surface area (Å²) in [6.07, 6.45) is 10.4. The Kier molecular flexibility index (Phi) is 15.2. The molecule has 0 saturated heterocycles. The highest BCUT2D eigenvalue weighted by Gasteiger charge is 2.46. The summed E-state index contributed by atoms with van der Waals surface area (Å²) >= 11 is 6.36. The smallest absolute Gasteiger partial charge is 0.201 e. The Morgan fingerprint density at radius 2 is 1.52 bits per heavy atom. The van der Waals surface area contributed by atoms with E-state index in [1.165, 1.54) is 5.57 Å². The van der Waals surface area contributed by atoms with Gasteiger partial charge in [-0.1, -0.05) is 78.3 Å². The molecule has 0 aromatic rings. The first-order chi connectivity index (χ1) is 14.5. The number of methoxy groups -OCH3 is 1. The van der Waals surface area contributed by atoms with Gasteiger partial charge in [-0.2, -0.15) is 0 Å². The van der Waals surface area contributed by atoms with Crippen molar-refractivity contribution in [1.29, 1.82) is 0 Å². The Morgan fingerprint density at radius 3 is 1.94 bits per heavy atom. The molecular weight excluding hydrogens is 424 g/mol. The zero-order valence-electron chi connectivity index (χ0n) is 21.7. The number of rotatable bonds is 15. The standard InChI is InChI=1S/C26H49ClO3Si/c1-19(2)31(20(3)4,21(5)6)30-25(17-27)16-22(7)14-15-26(29-10)24(9)13-11-12-23(8)18-28/h11-13,16,19-21,24-26,28H,14-15,17-18H2,1-10H3/b13-11+,22-16-,23-12+/t24-,25?,26-/m0/s1. The number of hydrogen-bond acceptors (Lipinski definition) is 3. The maximum atomic E-state index is 9.10. The fourth-order valence-electron chi connectivity index (χ4n) is 4.72. The summed E-state index contributed by atoms with van der Waals surface area (Å²) in [5, 5.41) is 9.10. The van der Waals surface area contributed by atoms with E-state index in [-0.39, 0.29) is 18.8 Å². The quantitative estimate of drug-likeness (QED) is 0.115. The van der Waals surface area contributed by atoms with Crippen LogP contribution in [0.25, 0.3) is 0 Å². The summed E-state index contributed by atoms with van der Waals surface area (Å²) in [5.74, 6) is 0.783. The highest BCUT2D eigenvalue weighted by Crippen LogP contribution is 2.43. The number of aliphatic hydroxyl groups excluding tert-OH is 1. The molecule has 0 heterocycles. The summed E-state index contributed by atoms with van der Waals surface area (Å²) in [6.45, 7) is 20.2. The van der Waals surface area contributed by atoms with E-state index in [1.807, 2.05) is 19.1 Å². The topological polar surface area (TPSA) is 38.7 Å². The lowest BCUT2D eigenvalue weighted by Crippen LogP contribution is -2.50. The maximum absolute atomic E-state index is 9.10. The Labute approximate surface area is 199 Å². The SMILES string of the molecule is CO[C@@H](CC/C(C)=C\C(CCl)O[Si](C(C)C)(C(C)C)C(C)C)[C@@H](C)/C=C/C=C(\C)CO. The molecule has 0 aliphatic rings. The minimum Gasteiger partial charge on any atom is -0.409 e. The van der Waals surface area contributed by atoms with E-state index in [1.54, 1.807) is 7.11 Å². The van der Waals surface area contributed by atoms with Gasteiger partial charge in [0.05, 0.1) is 24.7 Å². The number of alkyl halides is 1. The summed E-state index contributed by atoms with van der Waals surface area (Å²) in [5.41, 5.74) is 3.88. The predicted octanol–water partition coefficient (Wildman–Crippen LogP) is 7.66. The molecule has 0 spiro atoms. The van der Waals surface area contributed by atoms with Crippen LogP contribution in [0.2, 0.25) is 16.6 Å². The van der Waals surface area contributed by atoms with Gasteiger partial charge in [-0.15, -0.1) is 11.6 Å². The van der Waals surface area contributed by atoms with Crippen LogP contribution in [0.1, 0.15) is 75.2 Å². The van der Waals surface area contributed by atoms with E-state index in [0.717, 1.165) is 18.4 Å². The first-order valence-corrected chi connectivity index (χ1v) is 14.5. The summed E-state index contributed by atoms with van der Waals surface area (Å²) in [4.78, 5) is 0. The van der Waals surface area contributed by atoms with Crippen LogP contribution in [-0.2, 0) is 9.16 Å². The molecule has 0 saturated carbocycles. The fraction of sp³-hybridized carbons (Fsp3) is 0.769. The maximum Gasteiger partial charge on any atom is 0.201 e. The first-order valence-electron chi connectivity index (χ1n) is 11.8. The van der Waals surface area contributed by atoms with Crippen molar-refractivity contribution in [2.75, 3.05) is 19.6 Å². The van der Waals surface area contributed by atoms with E-state index in [0.29, 0.717) is 28.4 Å². The van der Waals surface area contributed by atoms with Crippen LogP contribution in [-0.4, -0.2) is 45.2 Å². The average Bonchev–Trinajstić information content (AvgIpc) is 2.70. The number of aliphatic hydroxyl groups is 1. The normalized spacial score (nSPS) is 17.3. The van der Waals surface area contributed by atoms with Gasteiger partial charge < -0.3 is 14.3 Å². The molecule has 0 aromatic carbocycles. The van der Waals surface area contributed by atoms with Crippen molar-refractivity contribution in [3.8, 4) is 0 Å². The molecule has 0 rings (SSSR count). The largest absolute Gasteiger partial charge is 0.409 e. The highest BCUT2D eigenvalue weighted by molar-refractivity contribution is 6.77. The lowest BCUT2D eigenvalue weighted by atomic mass is 9.97. The molecule has 0 aliphatic heterocycles. The van der Waals surface area contributed by atoms with Gasteiger partial charge in [0, 0.05) is 13.0 Å². The molecule has 31 heavy (non-hydrogen) atoms. The molecular formula is C26H49ClO3Si. The second kappa shape index (κ2) is 15.4. The second-order valence-corrected chi connectivity index (χ2v) is 15.6. The number of ether oxygens (including phenoxy) is 1. The molecule has 5 heteroatoms. The number of allylic oxidation sites excluding steroid dienone is 3. The summed E-state index contributed by atoms with van der Waals surface area (Å²) < 4.78 is 12.6. The minimum atomic E-state index is -1.96. The van der Waals surface area contributed by atoms with Gasteiger partial charge >= 0.3 is 0 Å². The minimum absolute atomic E-state index is 0.0366. The van der Waals surface area contributed by atoms with Crippen molar-refractivity contribution in [2.24, 2.45) is 5.92 Å². The summed E-state index contributed by atoms with van der Waals surface area (Å²) in [7, 11) is -0.183. The molecule has 1 unspecified atom stereocenters. The van der Waals surface area contributed by atoms with Gasteiger partial charge in [0.2, 0.25) is 8.32 Å². The molecule has 0 fully saturated rings. The van der Waals surface area contributed by atoms with Crippen LogP contribution in [0.3, 0.4) is 0 Å². The number of halogens is 1. The molecule has 0 radical (unpaired) electrons. The van der Waals surface area contributed by atoms with E-state index in [2.05, 4.69) is 67.5 Å². The van der Waals surface area contributed by atoms with Gasteiger partial charge in [-0.25, -0.2) is 0 Å². The molecule has 3 atom stereocenters. The third kappa shape index (κ3) is 9.96. The van der Waals surface area contributed by atoms with Crippen LogP contribution in [0.15, 0.2) is 35.5 Å². The van der Waals surface area contributed by atoms with Crippen molar-refractivity contribution in [1.82, 2.24) is 0 Å². The Balaban J connectivity index is 5.20. The highest BCUT2D eigenvalue weighted by atomic mass is 35.5. The third-order valence-electron chi connectivity index (χ3n) is 6.44. The lowest BCUT2D eigenvalue weighted by molar-refractivity contribution is 0.0674. The lowest BCUT2D eigenvalue weighted by Gasteiger charge is -2.44. The second-order valence-electron chi connectivity index (χ2n) is 9.87.